The normalized spacial score (nSPS) is 10.5. The highest BCUT2D eigenvalue weighted by Crippen LogP contribution is 2.42. The molecule has 4 aromatic rings. The second kappa shape index (κ2) is 9.54. The van der Waals surface area contributed by atoms with Crippen LogP contribution in [-0.4, -0.2) is 27.8 Å². The molecule has 0 fully saturated rings. The average molecular weight is 461 g/mol. The van der Waals surface area contributed by atoms with Crippen LogP contribution in [0.15, 0.2) is 73.3 Å². The SMILES string of the molecule is C=CCNC(=S)NNC(=O)c1sc2nnc(-c3ccccc3)c(-c3ccccc3)c2c1N. The molecule has 0 bridgehead atoms. The van der Waals surface area contributed by atoms with Crippen LogP contribution in [0.4, 0.5) is 5.69 Å². The van der Waals surface area contributed by atoms with E-state index in [0.717, 1.165) is 16.7 Å². The van der Waals surface area contributed by atoms with Gasteiger partial charge in [-0.3, -0.25) is 15.6 Å². The van der Waals surface area contributed by atoms with Crippen LogP contribution >= 0.6 is 23.6 Å². The summed E-state index contributed by atoms with van der Waals surface area (Å²) >= 11 is 6.29. The lowest BCUT2D eigenvalue weighted by atomic mass is 9.96. The van der Waals surface area contributed by atoms with Gasteiger partial charge in [-0.15, -0.1) is 28.1 Å². The number of aromatic nitrogens is 2. The third kappa shape index (κ3) is 4.29. The van der Waals surface area contributed by atoms with Gasteiger partial charge in [-0.25, -0.2) is 0 Å². The predicted octanol–water partition coefficient (Wildman–Crippen LogP) is 3.90. The summed E-state index contributed by atoms with van der Waals surface area (Å²) in [6.45, 7) is 4.09. The summed E-state index contributed by atoms with van der Waals surface area (Å²) < 4.78 is 0. The maximum atomic E-state index is 12.8. The molecule has 0 spiro atoms. The Balaban J connectivity index is 1.79. The molecule has 0 aliphatic rings. The highest BCUT2D eigenvalue weighted by Gasteiger charge is 2.23. The number of rotatable bonds is 5. The zero-order valence-electron chi connectivity index (χ0n) is 17.0. The fraction of sp³-hybridized carbons (Fsp3) is 0.0435. The fourth-order valence-electron chi connectivity index (χ4n) is 3.24. The number of nitrogens with one attached hydrogen (secondary N) is 3. The molecular weight excluding hydrogens is 440 g/mol. The smallest absolute Gasteiger partial charge is 0.281 e. The maximum absolute atomic E-state index is 12.8. The number of nitrogens with zero attached hydrogens (tertiary/aromatic N) is 2. The van der Waals surface area contributed by atoms with Crippen molar-refractivity contribution < 1.29 is 4.79 Å². The van der Waals surface area contributed by atoms with Crippen molar-refractivity contribution in [2.45, 2.75) is 0 Å². The van der Waals surface area contributed by atoms with Gasteiger partial charge in [0.1, 0.15) is 15.4 Å². The number of thiocarbonyl (C=S) groups is 1. The van der Waals surface area contributed by atoms with Crippen molar-refractivity contribution in [2.24, 2.45) is 0 Å². The molecule has 0 radical (unpaired) electrons. The number of carbonyl (C=O) groups excluding carboxylic acids is 1. The highest BCUT2D eigenvalue weighted by atomic mass is 32.1. The Morgan fingerprint density at radius 2 is 1.69 bits per heavy atom. The lowest BCUT2D eigenvalue weighted by Crippen LogP contribution is -2.46. The van der Waals surface area contributed by atoms with E-state index in [0.29, 0.717) is 33.0 Å². The average Bonchev–Trinajstić information content (AvgIpc) is 3.18. The van der Waals surface area contributed by atoms with Crippen LogP contribution in [0.1, 0.15) is 9.67 Å². The van der Waals surface area contributed by atoms with E-state index in [4.69, 9.17) is 18.0 Å². The molecule has 0 atom stereocenters. The summed E-state index contributed by atoms with van der Waals surface area (Å²) in [5.74, 6) is -0.409. The number of thiophene rings is 1. The van der Waals surface area contributed by atoms with E-state index in [9.17, 15) is 4.79 Å². The van der Waals surface area contributed by atoms with Gasteiger partial charge in [-0.05, 0) is 17.8 Å². The van der Waals surface area contributed by atoms with E-state index >= 15 is 0 Å². The van der Waals surface area contributed by atoms with Crippen LogP contribution in [-0.2, 0) is 0 Å². The molecule has 2 aromatic heterocycles. The molecule has 0 saturated carbocycles. The Morgan fingerprint density at radius 3 is 2.34 bits per heavy atom. The summed E-state index contributed by atoms with van der Waals surface area (Å²) in [6.07, 6.45) is 1.66. The van der Waals surface area contributed by atoms with E-state index in [1.807, 2.05) is 60.7 Å². The lowest BCUT2D eigenvalue weighted by Gasteiger charge is -2.11. The van der Waals surface area contributed by atoms with E-state index < -0.39 is 5.91 Å². The zero-order valence-corrected chi connectivity index (χ0v) is 18.6. The highest BCUT2D eigenvalue weighted by molar-refractivity contribution is 7.80. The van der Waals surface area contributed by atoms with Crippen molar-refractivity contribution >= 4 is 50.5 Å². The first kappa shape index (κ1) is 21.4. The van der Waals surface area contributed by atoms with Crippen LogP contribution in [0.3, 0.4) is 0 Å². The third-order valence-corrected chi connectivity index (χ3v) is 6.00. The molecule has 4 rings (SSSR count). The number of fused-ring (bicyclic) bond motifs is 1. The van der Waals surface area contributed by atoms with E-state index in [-0.39, 0.29) is 5.11 Å². The number of carbonyl (C=O) groups is 1. The summed E-state index contributed by atoms with van der Waals surface area (Å²) in [6, 6.07) is 19.6. The van der Waals surface area contributed by atoms with Crippen LogP contribution < -0.4 is 21.9 Å². The van der Waals surface area contributed by atoms with Crippen LogP contribution in [0.25, 0.3) is 32.6 Å². The minimum absolute atomic E-state index is 0.272. The van der Waals surface area contributed by atoms with Gasteiger partial charge in [0.15, 0.2) is 5.11 Å². The molecule has 32 heavy (non-hydrogen) atoms. The van der Waals surface area contributed by atoms with E-state index in [1.165, 1.54) is 11.3 Å². The molecule has 0 saturated heterocycles. The Morgan fingerprint density at radius 1 is 1.03 bits per heavy atom. The third-order valence-electron chi connectivity index (χ3n) is 4.67. The second-order valence-electron chi connectivity index (χ2n) is 6.76. The number of benzene rings is 2. The topological polar surface area (TPSA) is 105 Å². The van der Waals surface area contributed by atoms with Crippen LogP contribution in [0, 0.1) is 0 Å². The maximum Gasteiger partial charge on any atom is 0.281 e. The van der Waals surface area contributed by atoms with Crippen molar-refractivity contribution in [3.8, 4) is 22.4 Å². The van der Waals surface area contributed by atoms with E-state index in [1.54, 1.807) is 6.08 Å². The minimum atomic E-state index is -0.409. The molecule has 7 nitrogen and oxygen atoms in total. The van der Waals surface area contributed by atoms with Gasteiger partial charge >= 0.3 is 0 Å². The molecule has 9 heteroatoms. The molecular formula is C23H20N6OS2. The predicted molar refractivity (Wildman–Crippen MR) is 134 cm³/mol. The molecule has 0 unspecified atom stereocenters. The van der Waals surface area contributed by atoms with Gasteiger partial charge in [-0.1, -0.05) is 66.7 Å². The second-order valence-corrected chi connectivity index (χ2v) is 8.17. The van der Waals surface area contributed by atoms with Crippen molar-refractivity contribution in [3.63, 3.8) is 0 Å². The molecule has 1 amide bonds. The quantitative estimate of drug-likeness (QED) is 0.203. The van der Waals surface area contributed by atoms with E-state index in [2.05, 4.69) is 32.9 Å². The van der Waals surface area contributed by atoms with Gasteiger partial charge in [0, 0.05) is 23.1 Å². The molecule has 160 valence electrons. The Kier molecular flexibility index (Phi) is 6.39. The van der Waals surface area contributed by atoms with Gasteiger partial charge in [0.25, 0.3) is 5.91 Å². The summed E-state index contributed by atoms with van der Waals surface area (Å²) in [7, 11) is 0. The summed E-state index contributed by atoms with van der Waals surface area (Å²) in [4.78, 5) is 13.7. The monoisotopic (exact) mass is 460 g/mol. The zero-order chi connectivity index (χ0) is 22.5. The largest absolute Gasteiger partial charge is 0.397 e. The van der Waals surface area contributed by atoms with Gasteiger partial charge in [-0.2, -0.15) is 0 Å². The Bertz CT molecular complexity index is 1290. The van der Waals surface area contributed by atoms with Gasteiger partial charge < -0.3 is 11.1 Å². The van der Waals surface area contributed by atoms with Gasteiger partial charge in [0.2, 0.25) is 0 Å². The molecule has 2 aromatic carbocycles. The number of hydrazine groups is 1. The molecule has 0 aliphatic carbocycles. The van der Waals surface area contributed by atoms with Gasteiger partial charge in [0.05, 0.1) is 5.69 Å². The Hall–Kier alpha value is -3.82. The minimum Gasteiger partial charge on any atom is -0.397 e. The standard InChI is InChI=1S/C23H20N6OS2/c1-2-13-25-23(31)29-27-21(30)20-18(24)17-16(14-9-5-3-6-10-14)19(26-28-22(17)32-20)15-11-7-4-8-12-15/h2-12H,1,13,24H2,(H,27,30)(H2,25,29,31). The van der Waals surface area contributed by atoms with Crippen molar-refractivity contribution in [1.29, 1.82) is 0 Å². The van der Waals surface area contributed by atoms with Crippen LogP contribution in [0.2, 0.25) is 0 Å². The number of anilines is 1. The Labute approximate surface area is 194 Å². The molecule has 0 aliphatic heterocycles. The number of hydrogen-bond donors (Lipinski definition) is 4. The lowest BCUT2D eigenvalue weighted by molar-refractivity contribution is 0.0948. The van der Waals surface area contributed by atoms with Crippen LogP contribution in [0.5, 0.6) is 0 Å². The molecule has 2 heterocycles. The number of hydrogen-bond acceptors (Lipinski definition) is 6. The summed E-state index contributed by atoms with van der Waals surface area (Å²) in [5.41, 5.74) is 15.5. The molecule has 5 N–H and O–H groups in total. The number of nitrogens with two attached hydrogens (primary N) is 1. The first-order valence-corrected chi connectivity index (χ1v) is 11.0. The number of nitrogen functional groups attached to an aromatic ring is 1. The first-order valence-electron chi connectivity index (χ1n) is 9.74. The summed E-state index contributed by atoms with van der Waals surface area (Å²) in [5, 5.41) is 12.7. The van der Waals surface area contributed by atoms with Crippen molar-refractivity contribution in [2.75, 3.05) is 12.3 Å². The first-order chi connectivity index (χ1) is 15.6. The fourth-order valence-corrected chi connectivity index (χ4v) is 4.32. The van der Waals surface area contributed by atoms with Crippen molar-refractivity contribution in [3.05, 3.63) is 78.2 Å². The number of amides is 1. The van der Waals surface area contributed by atoms with Crippen molar-refractivity contribution in [1.82, 2.24) is 26.4 Å².